The monoisotopic (exact) mass is 399 g/mol. The summed E-state index contributed by atoms with van der Waals surface area (Å²) in [6.07, 6.45) is 1.93. The maximum atomic E-state index is 12.8. The standard InChI is InChI=1S/C21H25N3O5/c25-18-7-8-19(26)24(18)14-15-3-5-16(6-4-15)20(27)22-9-11-23(12-10-22)21(28)17-2-1-13-29-17/h3-6,17H,1-2,7-14H2. The summed E-state index contributed by atoms with van der Waals surface area (Å²) in [5.41, 5.74) is 1.38. The van der Waals surface area contributed by atoms with Gasteiger partial charge in [0.05, 0.1) is 6.54 Å². The Kier molecular flexibility index (Phi) is 5.62. The van der Waals surface area contributed by atoms with Gasteiger partial charge in [-0.2, -0.15) is 0 Å². The molecule has 0 aromatic heterocycles. The zero-order valence-corrected chi connectivity index (χ0v) is 16.3. The molecule has 3 fully saturated rings. The number of rotatable bonds is 4. The number of piperazine rings is 1. The van der Waals surface area contributed by atoms with Crippen molar-refractivity contribution >= 4 is 23.6 Å². The highest BCUT2D eigenvalue weighted by atomic mass is 16.5. The van der Waals surface area contributed by atoms with Gasteiger partial charge in [0, 0.05) is 51.2 Å². The fraction of sp³-hybridized carbons (Fsp3) is 0.524. The molecule has 0 N–H and O–H groups in total. The molecule has 3 saturated heterocycles. The van der Waals surface area contributed by atoms with Crippen molar-refractivity contribution in [1.29, 1.82) is 0 Å². The van der Waals surface area contributed by atoms with E-state index in [4.69, 9.17) is 4.74 Å². The molecule has 154 valence electrons. The second-order valence-corrected chi connectivity index (χ2v) is 7.69. The van der Waals surface area contributed by atoms with Crippen molar-refractivity contribution in [2.75, 3.05) is 32.8 Å². The number of benzene rings is 1. The van der Waals surface area contributed by atoms with E-state index in [9.17, 15) is 19.2 Å². The van der Waals surface area contributed by atoms with Gasteiger partial charge in [0.1, 0.15) is 6.10 Å². The fourth-order valence-electron chi connectivity index (χ4n) is 4.02. The minimum atomic E-state index is -0.320. The number of nitrogens with zero attached hydrogens (tertiary/aromatic N) is 3. The lowest BCUT2D eigenvalue weighted by atomic mass is 10.1. The number of carbonyl (C=O) groups is 4. The molecular formula is C21H25N3O5. The molecule has 0 spiro atoms. The summed E-state index contributed by atoms with van der Waals surface area (Å²) in [5.74, 6) is -0.338. The molecule has 3 aliphatic rings. The SMILES string of the molecule is O=C(c1ccc(CN2C(=O)CCC2=O)cc1)N1CCN(C(=O)C2CCCO2)CC1. The van der Waals surface area contributed by atoms with Crippen LogP contribution in [0.25, 0.3) is 0 Å². The van der Waals surface area contributed by atoms with Gasteiger partial charge in [-0.15, -0.1) is 0 Å². The van der Waals surface area contributed by atoms with E-state index in [1.807, 2.05) is 0 Å². The minimum Gasteiger partial charge on any atom is -0.368 e. The van der Waals surface area contributed by atoms with Crippen LogP contribution in [0, 0.1) is 0 Å². The Balaban J connectivity index is 1.31. The molecule has 1 aromatic rings. The van der Waals surface area contributed by atoms with Crippen molar-refractivity contribution in [3.8, 4) is 0 Å². The number of likely N-dealkylation sites (tertiary alicyclic amines) is 1. The summed E-state index contributed by atoms with van der Waals surface area (Å²) in [6, 6.07) is 7.02. The Hall–Kier alpha value is -2.74. The first-order valence-corrected chi connectivity index (χ1v) is 10.1. The van der Waals surface area contributed by atoms with Gasteiger partial charge in [-0.25, -0.2) is 0 Å². The second kappa shape index (κ2) is 8.32. The first-order chi connectivity index (χ1) is 14.0. The molecule has 1 unspecified atom stereocenters. The maximum Gasteiger partial charge on any atom is 0.253 e. The third-order valence-corrected chi connectivity index (χ3v) is 5.78. The lowest BCUT2D eigenvalue weighted by Crippen LogP contribution is -2.52. The first-order valence-electron chi connectivity index (χ1n) is 10.1. The van der Waals surface area contributed by atoms with E-state index in [2.05, 4.69) is 0 Å². The van der Waals surface area contributed by atoms with Gasteiger partial charge in [-0.1, -0.05) is 12.1 Å². The van der Waals surface area contributed by atoms with Gasteiger partial charge >= 0.3 is 0 Å². The van der Waals surface area contributed by atoms with E-state index in [0.29, 0.717) is 38.3 Å². The third kappa shape index (κ3) is 4.17. The van der Waals surface area contributed by atoms with Crippen LogP contribution in [0.5, 0.6) is 0 Å². The van der Waals surface area contributed by atoms with Crippen LogP contribution < -0.4 is 0 Å². The highest BCUT2D eigenvalue weighted by Crippen LogP contribution is 2.18. The van der Waals surface area contributed by atoms with Crippen molar-refractivity contribution in [3.05, 3.63) is 35.4 Å². The number of imide groups is 1. The van der Waals surface area contributed by atoms with Crippen LogP contribution in [0.2, 0.25) is 0 Å². The number of carbonyl (C=O) groups excluding carboxylic acids is 4. The Labute approximate surface area is 169 Å². The zero-order valence-electron chi connectivity index (χ0n) is 16.3. The van der Waals surface area contributed by atoms with Gasteiger partial charge in [-0.3, -0.25) is 24.1 Å². The highest BCUT2D eigenvalue weighted by molar-refractivity contribution is 6.01. The molecular weight excluding hydrogens is 374 g/mol. The van der Waals surface area contributed by atoms with E-state index in [1.54, 1.807) is 34.1 Å². The van der Waals surface area contributed by atoms with Crippen molar-refractivity contribution in [1.82, 2.24) is 14.7 Å². The fourth-order valence-corrected chi connectivity index (χ4v) is 4.02. The van der Waals surface area contributed by atoms with Gasteiger partial charge in [-0.05, 0) is 30.5 Å². The van der Waals surface area contributed by atoms with Crippen LogP contribution in [-0.2, 0) is 25.7 Å². The molecule has 1 aromatic carbocycles. The molecule has 8 heteroatoms. The summed E-state index contributed by atoms with van der Waals surface area (Å²) in [7, 11) is 0. The van der Waals surface area contributed by atoms with Crippen molar-refractivity contribution < 1.29 is 23.9 Å². The van der Waals surface area contributed by atoms with Gasteiger partial charge in [0.15, 0.2) is 0 Å². The summed E-state index contributed by atoms with van der Waals surface area (Å²) in [6.45, 7) is 2.91. The molecule has 0 aliphatic carbocycles. The van der Waals surface area contributed by atoms with E-state index in [-0.39, 0.29) is 49.1 Å². The maximum absolute atomic E-state index is 12.8. The smallest absolute Gasteiger partial charge is 0.253 e. The Morgan fingerprint density at radius 3 is 2.14 bits per heavy atom. The van der Waals surface area contributed by atoms with Gasteiger partial charge < -0.3 is 14.5 Å². The van der Waals surface area contributed by atoms with Crippen LogP contribution in [-0.4, -0.2) is 77.2 Å². The molecule has 0 bridgehead atoms. The predicted octanol–water partition coefficient (Wildman–Crippen LogP) is 0.799. The van der Waals surface area contributed by atoms with Crippen LogP contribution in [0.15, 0.2) is 24.3 Å². The van der Waals surface area contributed by atoms with E-state index >= 15 is 0 Å². The lowest BCUT2D eigenvalue weighted by molar-refractivity contribution is -0.142. The third-order valence-electron chi connectivity index (χ3n) is 5.78. The van der Waals surface area contributed by atoms with Crippen LogP contribution >= 0.6 is 0 Å². The normalized spacial score (nSPS) is 22.5. The first kappa shape index (κ1) is 19.6. The van der Waals surface area contributed by atoms with Crippen LogP contribution in [0.1, 0.15) is 41.6 Å². The zero-order chi connectivity index (χ0) is 20.4. The average molecular weight is 399 g/mol. The van der Waals surface area contributed by atoms with Crippen molar-refractivity contribution in [2.24, 2.45) is 0 Å². The summed E-state index contributed by atoms with van der Waals surface area (Å²) in [5, 5.41) is 0. The second-order valence-electron chi connectivity index (χ2n) is 7.69. The van der Waals surface area contributed by atoms with Crippen LogP contribution in [0.3, 0.4) is 0 Å². The molecule has 4 amide bonds. The molecule has 0 saturated carbocycles. The summed E-state index contributed by atoms with van der Waals surface area (Å²) >= 11 is 0. The highest BCUT2D eigenvalue weighted by Gasteiger charge is 2.32. The minimum absolute atomic E-state index is 0.0324. The lowest BCUT2D eigenvalue weighted by Gasteiger charge is -2.35. The number of ether oxygens (including phenoxy) is 1. The molecule has 8 nitrogen and oxygen atoms in total. The van der Waals surface area contributed by atoms with Gasteiger partial charge in [0.25, 0.3) is 11.8 Å². The summed E-state index contributed by atoms with van der Waals surface area (Å²) in [4.78, 5) is 53.5. The quantitative estimate of drug-likeness (QED) is 0.699. The Bertz CT molecular complexity index is 792. The Morgan fingerprint density at radius 2 is 1.55 bits per heavy atom. The molecule has 3 heterocycles. The molecule has 1 atom stereocenters. The number of amides is 4. The molecule has 3 aliphatic heterocycles. The predicted molar refractivity (Wildman–Crippen MR) is 103 cm³/mol. The largest absolute Gasteiger partial charge is 0.368 e. The number of hydrogen-bond donors (Lipinski definition) is 0. The topological polar surface area (TPSA) is 87.2 Å². The van der Waals surface area contributed by atoms with Gasteiger partial charge in [0.2, 0.25) is 11.8 Å². The van der Waals surface area contributed by atoms with Crippen molar-refractivity contribution in [2.45, 2.75) is 38.3 Å². The molecule has 29 heavy (non-hydrogen) atoms. The average Bonchev–Trinajstić information content (AvgIpc) is 3.40. The molecule has 4 rings (SSSR count). The van der Waals surface area contributed by atoms with E-state index in [1.165, 1.54) is 4.90 Å². The Morgan fingerprint density at radius 1 is 0.931 bits per heavy atom. The van der Waals surface area contributed by atoms with E-state index < -0.39 is 0 Å². The number of hydrogen-bond acceptors (Lipinski definition) is 5. The summed E-state index contributed by atoms with van der Waals surface area (Å²) < 4.78 is 5.47. The molecule has 0 radical (unpaired) electrons. The van der Waals surface area contributed by atoms with Crippen LogP contribution in [0.4, 0.5) is 0 Å². The van der Waals surface area contributed by atoms with Crippen molar-refractivity contribution in [3.63, 3.8) is 0 Å². The van der Waals surface area contributed by atoms with E-state index in [0.717, 1.165) is 18.4 Å².